The van der Waals surface area contributed by atoms with Gasteiger partial charge in [0.1, 0.15) is 0 Å². The van der Waals surface area contributed by atoms with Gasteiger partial charge < -0.3 is 16.2 Å². The van der Waals surface area contributed by atoms with E-state index in [9.17, 15) is 19.2 Å². The van der Waals surface area contributed by atoms with Gasteiger partial charge in [-0.15, -0.1) is 0 Å². The maximum atomic E-state index is 12.9. The molecule has 0 atom stereocenters. The van der Waals surface area contributed by atoms with Crippen LogP contribution in [-0.2, 0) is 4.74 Å². The average molecular weight is 1140 g/mol. The van der Waals surface area contributed by atoms with Crippen LogP contribution in [0.4, 0.5) is 11.4 Å². The van der Waals surface area contributed by atoms with Crippen molar-refractivity contribution in [3.63, 3.8) is 0 Å². The fourth-order valence-corrected chi connectivity index (χ4v) is 11.5. The molecule has 0 fully saturated rings. The van der Waals surface area contributed by atoms with Crippen molar-refractivity contribution in [3.8, 4) is 0 Å². The largest absolute Gasteiger partial charge is 0.397 e. The average Bonchev–Trinajstić information content (AvgIpc) is 2.64. The smallest absolute Gasteiger partial charge is 0.348 e. The SMILES string of the molecule is Nc1c(I)c(C(=O)Cl)c(I)c(C(=O)OC(=O)c2c(I)c(N)c(I)c(C(=O)Cl)c2I)c1I. The van der Waals surface area contributed by atoms with E-state index in [2.05, 4.69) is 0 Å². The molecule has 0 aliphatic carbocycles. The zero-order chi connectivity index (χ0) is 23.9. The second-order valence-electron chi connectivity index (χ2n) is 5.44. The Kier molecular flexibility index (Phi) is 10.6. The molecular weight excluding hydrogens is 1130 g/mol. The van der Waals surface area contributed by atoms with E-state index >= 15 is 0 Å². The van der Waals surface area contributed by atoms with Crippen LogP contribution in [0, 0.1) is 21.4 Å². The standard InChI is InChI=1S/C16H4Cl2I6N2O5/c17-13(27)1-5(19)3(9(23)11(25)7(1)21)15(29)31-16(30)4-6(20)2(14(18)28)8(22)12(26)10(4)24/h25-26H2. The molecule has 0 heterocycles. The van der Waals surface area contributed by atoms with Gasteiger partial charge in [0, 0.05) is 7.14 Å². The number of hydrogen-bond acceptors (Lipinski definition) is 7. The van der Waals surface area contributed by atoms with Crippen LogP contribution in [0.25, 0.3) is 0 Å². The van der Waals surface area contributed by atoms with Crippen molar-refractivity contribution in [3.05, 3.63) is 43.7 Å². The summed E-state index contributed by atoms with van der Waals surface area (Å²) in [5.74, 6) is -2.08. The number of carbonyl (C=O) groups excluding carboxylic acids is 4. The van der Waals surface area contributed by atoms with E-state index in [1.165, 1.54) is 0 Å². The molecule has 15 heteroatoms. The summed E-state index contributed by atoms with van der Waals surface area (Å²) in [6.07, 6.45) is 0. The van der Waals surface area contributed by atoms with Gasteiger partial charge >= 0.3 is 11.9 Å². The summed E-state index contributed by atoms with van der Waals surface area (Å²) in [5, 5.41) is -1.62. The number of nitrogens with two attached hydrogens (primary N) is 2. The summed E-state index contributed by atoms with van der Waals surface area (Å²) in [6.45, 7) is 0. The Labute approximate surface area is 267 Å². The molecule has 0 saturated heterocycles. The minimum atomic E-state index is -1.04. The molecular formula is C16H4Cl2I6N2O5. The minimum absolute atomic E-state index is 0.0397. The Hall–Kier alpha value is 1.48. The number of ether oxygens (including phenoxy) is 1. The van der Waals surface area contributed by atoms with Crippen LogP contribution < -0.4 is 11.5 Å². The molecule has 0 aliphatic heterocycles. The molecule has 0 saturated carbocycles. The van der Waals surface area contributed by atoms with Crippen LogP contribution >= 0.6 is 159 Å². The predicted molar refractivity (Wildman–Crippen MR) is 168 cm³/mol. The summed E-state index contributed by atoms with van der Waals surface area (Å²) >= 11 is 22.2. The summed E-state index contributed by atoms with van der Waals surface area (Å²) in [4.78, 5) is 49.5. The highest BCUT2D eigenvalue weighted by Crippen LogP contribution is 2.37. The number of rotatable bonds is 4. The lowest BCUT2D eigenvalue weighted by Crippen LogP contribution is -2.21. The van der Waals surface area contributed by atoms with Gasteiger partial charge in [-0.25, -0.2) is 9.59 Å². The summed E-state index contributed by atoms with van der Waals surface area (Å²) in [5.41, 5.74) is 12.3. The molecule has 2 aromatic rings. The summed E-state index contributed by atoms with van der Waals surface area (Å²) in [7, 11) is 0. The highest BCUT2D eigenvalue weighted by Gasteiger charge is 2.31. The number of halogens is 8. The number of benzene rings is 2. The first-order valence-electron chi connectivity index (χ1n) is 7.31. The molecule has 4 N–H and O–H groups in total. The number of anilines is 2. The number of carbonyl (C=O) groups is 4. The quantitative estimate of drug-likeness (QED) is 0.122. The summed E-state index contributed by atoms with van der Waals surface area (Å²) in [6, 6.07) is 0. The summed E-state index contributed by atoms with van der Waals surface area (Å²) < 4.78 is 6.84. The normalized spacial score (nSPS) is 10.7. The predicted octanol–water partition coefficient (Wildman–Crippen LogP) is 6.23. The van der Waals surface area contributed by atoms with Gasteiger partial charge in [0.2, 0.25) is 0 Å². The van der Waals surface area contributed by atoms with Crippen LogP contribution in [0.2, 0.25) is 0 Å². The van der Waals surface area contributed by atoms with Crippen LogP contribution in [0.3, 0.4) is 0 Å². The van der Waals surface area contributed by atoms with Gasteiger partial charge in [-0.05, 0) is 159 Å². The maximum Gasteiger partial charge on any atom is 0.348 e. The van der Waals surface area contributed by atoms with Crippen molar-refractivity contribution >= 4 is 193 Å². The first-order chi connectivity index (χ1) is 14.2. The number of esters is 2. The van der Waals surface area contributed by atoms with E-state index in [0.29, 0.717) is 14.3 Å². The van der Waals surface area contributed by atoms with Gasteiger partial charge in [0.05, 0.1) is 47.9 Å². The highest BCUT2D eigenvalue weighted by atomic mass is 127. The van der Waals surface area contributed by atoms with Gasteiger partial charge in [0.25, 0.3) is 10.5 Å². The van der Waals surface area contributed by atoms with Crippen LogP contribution in [0.1, 0.15) is 41.4 Å². The Morgan fingerprint density at radius 1 is 0.548 bits per heavy atom. The third-order valence-corrected chi connectivity index (χ3v) is 10.7. The maximum absolute atomic E-state index is 12.9. The van der Waals surface area contributed by atoms with Gasteiger partial charge in [-0.3, -0.25) is 9.59 Å². The third kappa shape index (κ3) is 5.67. The molecule has 164 valence electrons. The molecule has 0 radical (unpaired) electrons. The van der Waals surface area contributed by atoms with Gasteiger partial charge in [0.15, 0.2) is 0 Å². The fourth-order valence-electron chi connectivity index (χ4n) is 2.26. The van der Waals surface area contributed by atoms with E-state index in [4.69, 9.17) is 39.4 Å². The van der Waals surface area contributed by atoms with E-state index in [-0.39, 0.29) is 40.8 Å². The number of hydrogen-bond donors (Lipinski definition) is 2. The monoisotopic (exact) mass is 1140 g/mol. The molecule has 2 rings (SSSR count). The molecule has 31 heavy (non-hydrogen) atoms. The lowest BCUT2D eigenvalue weighted by atomic mass is 10.1. The van der Waals surface area contributed by atoms with E-state index in [1.54, 1.807) is 45.2 Å². The topological polar surface area (TPSA) is 130 Å². The van der Waals surface area contributed by atoms with Crippen LogP contribution in [0.5, 0.6) is 0 Å². The second-order valence-corrected chi connectivity index (χ2v) is 12.6. The molecule has 7 nitrogen and oxygen atoms in total. The molecule has 0 aliphatic rings. The Bertz CT molecular complexity index is 1110. The fraction of sp³-hybridized carbons (Fsp3) is 0. The van der Waals surface area contributed by atoms with Gasteiger partial charge in [-0.2, -0.15) is 0 Å². The molecule has 0 amide bonds. The van der Waals surface area contributed by atoms with Crippen molar-refractivity contribution in [2.45, 2.75) is 0 Å². The zero-order valence-corrected chi connectivity index (χ0v) is 28.7. The lowest BCUT2D eigenvalue weighted by Gasteiger charge is -2.16. The van der Waals surface area contributed by atoms with E-state index in [0.717, 1.165) is 0 Å². The molecule has 2 aromatic carbocycles. The van der Waals surface area contributed by atoms with E-state index in [1.807, 2.05) is 90.4 Å². The minimum Gasteiger partial charge on any atom is -0.397 e. The first-order valence-corrected chi connectivity index (χ1v) is 14.5. The molecule has 0 aromatic heterocycles. The Morgan fingerprint density at radius 2 is 0.806 bits per heavy atom. The second kappa shape index (κ2) is 11.5. The molecule has 0 bridgehead atoms. The lowest BCUT2D eigenvalue weighted by molar-refractivity contribution is 0.0394. The van der Waals surface area contributed by atoms with Crippen molar-refractivity contribution in [1.82, 2.24) is 0 Å². The van der Waals surface area contributed by atoms with Crippen molar-refractivity contribution in [2.75, 3.05) is 11.5 Å². The van der Waals surface area contributed by atoms with Gasteiger partial charge in [-0.1, -0.05) is 0 Å². The Morgan fingerprint density at radius 3 is 1.06 bits per heavy atom. The van der Waals surface area contributed by atoms with Crippen molar-refractivity contribution < 1.29 is 23.9 Å². The third-order valence-electron chi connectivity index (χ3n) is 3.69. The first kappa shape index (κ1) is 28.7. The van der Waals surface area contributed by atoms with Crippen molar-refractivity contribution in [2.24, 2.45) is 0 Å². The zero-order valence-electron chi connectivity index (χ0n) is 14.2. The van der Waals surface area contributed by atoms with Crippen molar-refractivity contribution in [1.29, 1.82) is 0 Å². The van der Waals surface area contributed by atoms with Crippen LogP contribution in [-0.4, -0.2) is 22.4 Å². The van der Waals surface area contributed by atoms with E-state index < -0.39 is 22.4 Å². The number of nitrogen functional groups attached to an aromatic ring is 2. The molecule has 0 spiro atoms. The van der Waals surface area contributed by atoms with Crippen LogP contribution in [0.15, 0.2) is 0 Å². The Balaban J connectivity index is 2.63. The highest BCUT2D eigenvalue weighted by molar-refractivity contribution is 14.1. The molecule has 0 unspecified atom stereocenters.